The molecule has 3 heterocycles. The van der Waals surface area contributed by atoms with Gasteiger partial charge in [-0.3, -0.25) is 0 Å². The number of carboxylic acid groups (broad SMARTS) is 2. The lowest BCUT2D eigenvalue weighted by Crippen LogP contribution is -2.46. The molecule has 1 aliphatic rings. The number of ether oxygens (including phenoxy) is 1. The standard InChI is InChI=1S/C22H28N4OS.C2H2O4/c1-3-25-10-12-26(13-11-25)22-18-8-5-4-7-17(18)15-19(24-22)20-16-23-21(28-20)9-6-14-27-2;3-1(4)2(5)6/h4-5,7-8,15-16H,3,6,9-14H2,1-2H3;(H,3,4)(H,5,6). The summed E-state index contributed by atoms with van der Waals surface area (Å²) in [6.45, 7) is 8.38. The molecule has 34 heavy (non-hydrogen) atoms. The molecule has 0 saturated carbocycles. The number of hydrogen-bond acceptors (Lipinski definition) is 8. The van der Waals surface area contributed by atoms with Gasteiger partial charge in [0, 0.05) is 57.9 Å². The number of nitrogens with zero attached hydrogens (tertiary/aromatic N) is 4. The van der Waals surface area contributed by atoms with Gasteiger partial charge in [0.25, 0.3) is 0 Å². The van der Waals surface area contributed by atoms with Gasteiger partial charge in [-0.1, -0.05) is 31.2 Å². The van der Waals surface area contributed by atoms with Crippen LogP contribution in [0.15, 0.2) is 36.5 Å². The molecule has 2 N–H and O–H groups in total. The molecule has 9 nitrogen and oxygen atoms in total. The van der Waals surface area contributed by atoms with Crippen molar-refractivity contribution in [2.75, 3.05) is 51.3 Å². The van der Waals surface area contributed by atoms with Gasteiger partial charge in [0.15, 0.2) is 0 Å². The zero-order chi connectivity index (χ0) is 24.5. The van der Waals surface area contributed by atoms with Gasteiger partial charge in [-0.2, -0.15) is 0 Å². The second-order valence-electron chi connectivity index (χ2n) is 7.80. The van der Waals surface area contributed by atoms with E-state index in [2.05, 4.69) is 52.0 Å². The Labute approximate surface area is 202 Å². The predicted molar refractivity (Wildman–Crippen MR) is 133 cm³/mol. The Morgan fingerprint density at radius 3 is 2.47 bits per heavy atom. The third kappa shape index (κ3) is 6.72. The quantitative estimate of drug-likeness (QED) is 0.383. The number of aryl methyl sites for hydroxylation is 1. The minimum Gasteiger partial charge on any atom is -0.473 e. The number of thiazole rings is 1. The number of likely N-dealkylation sites (N-methyl/N-ethyl adjacent to an activating group) is 1. The van der Waals surface area contributed by atoms with E-state index in [0.29, 0.717) is 0 Å². The van der Waals surface area contributed by atoms with E-state index < -0.39 is 11.9 Å². The first-order chi connectivity index (χ1) is 16.4. The lowest BCUT2D eigenvalue weighted by Gasteiger charge is -2.35. The van der Waals surface area contributed by atoms with Crippen LogP contribution in [0.3, 0.4) is 0 Å². The number of benzene rings is 1. The van der Waals surface area contributed by atoms with E-state index >= 15 is 0 Å². The van der Waals surface area contributed by atoms with E-state index in [4.69, 9.17) is 29.5 Å². The third-order valence-corrected chi connectivity index (χ3v) is 6.65. The highest BCUT2D eigenvalue weighted by Gasteiger charge is 2.20. The molecule has 0 atom stereocenters. The van der Waals surface area contributed by atoms with Crippen molar-refractivity contribution in [3.05, 3.63) is 41.5 Å². The number of aromatic nitrogens is 2. The fraction of sp³-hybridized carbons (Fsp3) is 0.417. The Morgan fingerprint density at radius 1 is 1.12 bits per heavy atom. The van der Waals surface area contributed by atoms with Gasteiger partial charge >= 0.3 is 11.9 Å². The van der Waals surface area contributed by atoms with Gasteiger partial charge in [0.1, 0.15) is 5.82 Å². The molecule has 0 bridgehead atoms. The van der Waals surface area contributed by atoms with Crippen molar-refractivity contribution in [3.8, 4) is 10.6 Å². The van der Waals surface area contributed by atoms with Crippen LogP contribution in [-0.4, -0.2) is 83.5 Å². The van der Waals surface area contributed by atoms with E-state index in [1.54, 1.807) is 18.4 Å². The molecule has 2 aromatic heterocycles. The third-order valence-electron chi connectivity index (χ3n) is 5.57. The number of pyridine rings is 1. The average Bonchev–Trinajstić information content (AvgIpc) is 3.33. The first kappa shape index (κ1) is 25.5. The van der Waals surface area contributed by atoms with Crippen molar-refractivity contribution in [1.29, 1.82) is 0 Å². The first-order valence-electron chi connectivity index (χ1n) is 11.2. The maximum absolute atomic E-state index is 9.10. The number of methoxy groups -OCH3 is 1. The molecule has 1 aliphatic heterocycles. The van der Waals surface area contributed by atoms with E-state index in [0.717, 1.165) is 73.6 Å². The topological polar surface area (TPSA) is 116 Å². The van der Waals surface area contributed by atoms with Crippen molar-refractivity contribution in [2.24, 2.45) is 0 Å². The summed E-state index contributed by atoms with van der Waals surface area (Å²) < 4.78 is 5.16. The number of rotatable bonds is 7. The Kier molecular flexibility index (Phi) is 9.32. The highest BCUT2D eigenvalue weighted by Crippen LogP contribution is 2.33. The smallest absolute Gasteiger partial charge is 0.414 e. The lowest BCUT2D eigenvalue weighted by atomic mass is 10.1. The molecular formula is C24H30N4O5S. The van der Waals surface area contributed by atoms with Crippen LogP contribution >= 0.6 is 11.3 Å². The number of carbonyl (C=O) groups is 2. The minimum absolute atomic E-state index is 0.775. The summed E-state index contributed by atoms with van der Waals surface area (Å²) in [5, 5.41) is 18.4. The van der Waals surface area contributed by atoms with E-state index in [9.17, 15) is 0 Å². The van der Waals surface area contributed by atoms with Crippen molar-refractivity contribution in [1.82, 2.24) is 14.9 Å². The molecule has 10 heteroatoms. The Hall–Kier alpha value is -3.08. The van der Waals surface area contributed by atoms with Crippen molar-refractivity contribution in [2.45, 2.75) is 19.8 Å². The second-order valence-corrected chi connectivity index (χ2v) is 8.91. The Balaban J connectivity index is 0.000000481. The van der Waals surface area contributed by atoms with Gasteiger partial charge in [-0.25, -0.2) is 19.6 Å². The van der Waals surface area contributed by atoms with Crippen LogP contribution in [0.4, 0.5) is 5.82 Å². The van der Waals surface area contributed by atoms with Crippen molar-refractivity contribution in [3.63, 3.8) is 0 Å². The van der Waals surface area contributed by atoms with Crippen LogP contribution in [0.1, 0.15) is 18.4 Å². The molecule has 0 aliphatic carbocycles. The average molecular weight is 487 g/mol. The normalized spacial score (nSPS) is 14.0. The number of aliphatic carboxylic acids is 2. The highest BCUT2D eigenvalue weighted by molar-refractivity contribution is 7.15. The summed E-state index contributed by atoms with van der Waals surface area (Å²) in [5.74, 6) is -2.54. The molecule has 1 fully saturated rings. The summed E-state index contributed by atoms with van der Waals surface area (Å²) in [4.78, 5) is 34.0. The molecule has 3 aromatic rings. The number of hydrogen-bond donors (Lipinski definition) is 2. The zero-order valence-electron chi connectivity index (χ0n) is 19.4. The summed E-state index contributed by atoms with van der Waals surface area (Å²) in [6, 6.07) is 10.8. The molecule has 1 saturated heterocycles. The molecule has 0 amide bonds. The van der Waals surface area contributed by atoms with Crippen LogP contribution < -0.4 is 4.90 Å². The monoisotopic (exact) mass is 486 g/mol. The van der Waals surface area contributed by atoms with Crippen molar-refractivity contribution >= 4 is 39.9 Å². The summed E-state index contributed by atoms with van der Waals surface area (Å²) >= 11 is 1.75. The summed E-state index contributed by atoms with van der Waals surface area (Å²) in [7, 11) is 1.74. The number of anilines is 1. The fourth-order valence-electron chi connectivity index (χ4n) is 3.74. The Morgan fingerprint density at radius 2 is 1.82 bits per heavy atom. The maximum atomic E-state index is 9.10. The summed E-state index contributed by atoms with van der Waals surface area (Å²) in [5.41, 5.74) is 1.03. The summed E-state index contributed by atoms with van der Waals surface area (Å²) in [6.07, 6.45) is 3.93. The van der Waals surface area contributed by atoms with Gasteiger partial charge in [0.05, 0.1) is 15.6 Å². The molecular weight excluding hydrogens is 456 g/mol. The van der Waals surface area contributed by atoms with Crippen molar-refractivity contribution < 1.29 is 24.5 Å². The molecule has 4 rings (SSSR count). The number of fused-ring (bicyclic) bond motifs is 1. The van der Waals surface area contributed by atoms with Crippen LogP contribution in [0.2, 0.25) is 0 Å². The first-order valence-corrected chi connectivity index (χ1v) is 12.0. The van der Waals surface area contributed by atoms with Crippen LogP contribution in [0.25, 0.3) is 21.3 Å². The lowest BCUT2D eigenvalue weighted by molar-refractivity contribution is -0.159. The second kappa shape index (κ2) is 12.4. The van der Waals surface area contributed by atoms with Gasteiger partial charge in [-0.15, -0.1) is 11.3 Å². The number of carboxylic acids is 2. The van der Waals surface area contributed by atoms with Gasteiger partial charge in [-0.05, 0) is 24.4 Å². The van der Waals surface area contributed by atoms with Crippen LogP contribution in [-0.2, 0) is 20.7 Å². The van der Waals surface area contributed by atoms with Crippen LogP contribution in [0, 0.1) is 0 Å². The number of piperazine rings is 1. The molecule has 182 valence electrons. The maximum Gasteiger partial charge on any atom is 0.414 e. The highest BCUT2D eigenvalue weighted by atomic mass is 32.1. The fourth-order valence-corrected chi connectivity index (χ4v) is 4.66. The zero-order valence-corrected chi connectivity index (χ0v) is 20.3. The SMILES string of the molecule is CCN1CCN(c2nc(-c3cnc(CCCOC)s3)cc3ccccc23)CC1.O=C(O)C(=O)O. The largest absolute Gasteiger partial charge is 0.473 e. The van der Waals surface area contributed by atoms with E-state index in [-0.39, 0.29) is 0 Å². The predicted octanol–water partition coefficient (Wildman–Crippen LogP) is 3.23. The van der Waals surface area contributed by atoms with Crippen LogP contribution in [0.5, 0.6) is 0 Å². The van der Waals surface area contributed by atoms with Gasteiger partial charge in [0.2, 0.25) is 0 Å². The molecule has 0 radical (unpaired) electrons. The molecule has 0 spiro atoms. The minimum atomic E-state index is -1.82. The Bertz CT molecular complexity index is 1100. The molecule has 0 unspecified atom stereocenters. The van der Waals surface area contributed by atoms with E-state index in [1.165, 1.54) is 10.8 Å². The van der Waals surface area contributed by atoms with Gasteiger partial charge < -0.3 is 24.7 Å². The molecule has 1 aromatic carbocycles. The van der Waals surface area contributed by atoms with E-state index in [1.807, 2.05) is 6.20 Å².